The van der Waals surface area contributed by atoms with Crippen LogP contribution in [0.15, 0.2) is 47.4 Å². The SMILES string of the molecule is CCCN(CCC)S(=O)(=O)c1ccc(F)c(C(=O)Nc2ccc(OC)cc2)c1. The molecule has 0 aliphatic carbocycles. The average molecular weight is 408 g/mol. The average Bonchev–Trinajstić information content (AvgIpc) is 2.68. The summed E-state index contributed by atoms with van der Waals surface area (Å²) in [6, 6.07) is 9.81. The molecule has 1 N–H and O–H groups in total. The summed E-state index contributed by atoms with van der Waals surface area (Å²) in [5.74, 6) is -0.899. The zero-order valence-corrected chi connectivity index (χ0v) is 17.1. The molecule has 0 saturated carbocycles. The van der Waals surface area contributed by atoms with Crippen LogP contribution in [0.3, 0.4) is 0 Å². The van der Waals surface area contributed by atoms with Gasteiger partial charge in [0.2, 0.25) is 10.0 Å². The normalized spacial score (nSPS) is 11.5. The molecule has 2 rings (SSSR count). The summed E-state index contributed by atoms with van der Waals surface area (Å²) in [7, 11) is -2.29. The first kappa shape index (κ1) is 21.8. The molecular formula is C20H25FN2O4S. The molecule has 152 valence electrons. The number of nitrogens with zero attached hydrogens (tertiary/aromatic N) is 1. The van der Waals surface area contributed by atoms with E-state index in [0.29, 0.717) is 37.4 Å². The number of anilines is 1. The van der Waals surface area contributed by atoms with Gasteiger partial charge in [-0.05, 0) is 55.3 Å². The number of ether oxygens (including phenoxy) is 1. The number of hydrogen-bond donors (Lipinski definition) is 1. The van der Waals surface area contributed by atoms with Gasteiger partial charge in [-0.1, -0.05) is 13.8 Å². The van der Waals surface area contributed by atoms with Crippen LogP contribution < -0.4 is 10.1 Å². The lowest BCUT2D eigenvalue weighted by Crippen LogP contribution is -2.32. The molecule has 0 bridgehead atoms. The molecule has 0 saturated heterocycles. The minimum absolute atomic E-state index is 0.101. The first-order chi connectivity index (χ1) is 13.3. The van der Waals surface area contributed by atoms with Gasteiger partial charge in [0.25, 0.3) is 5.91 Å². The Morgan fingerprint density at radius 2 is 1.68 bits per heavy atom. The zero-order valence-electron chi connectivity index (χ0n) is 16.2. The van der Waals surface area contributed by atoms with Crippen LogP contribution in [0.5, 0.6) is 5.75 Å². The van der Waals surface area contributed by atoms with Crippen molar-refractivity contribution in [2.45, 2.75) is 31.6 Å². The zero-order chi connectivity index (χ0) is 20.7. The van der Waals surface area contributed by atoms with Crippen LogP contribution in [0.1, 0.15) is 37.0 Å². The first-order valence-corrected chi connectivity index (χ1v) is 10.5. The van der Waals surface area contributed by atoms with E-state index in [0.717, 1.165) is 12.1 Å². The minimum atomic E-state index is -3.81. The van der Waals surface area contributed by atoms with E-state index in [1.165, 1.54) is 17.5 Å². The van der Waals surface area contributed by atoms with E-state index in [1.807, 2.05) is 13.8 Å². The third-order valence-electron chi connectivity index (χ3n) is 4.11. The second-order valence-corrected chi connectivity index (χ2v) is 8.17. The maximum atomic E-state index is 14.2. The molecule has 6 nitrogen and oxygen atoms in total. The summed E-state index contributed by atoms with van der Waals surface area (Å²) in [5.41, 5.74) is 0.113. The van der Waals surface area contributed by atoms with Gasteiger partial charge in [-0.15, -0.1) is 0 Å². The van der Waals surface area contributed by atoms with Crippen molar-refractivity contribution in [2.24, 2.45) is 0 Å². The molecule has 1 amide bonds. The van der Waals surface area contributed by atoms with Crippen molar-refractivity contribution in [3.05, 3.63) is 53.8 Å². The summed E-state index contributed by atoms with van der Waals surface area (Å²) < 4.78 is 46.4. The summed E-state index contributed by atoms with van der Waals surface area (Å²) in [6.45, 7) is 4.50. The first-order valence-electron chi connectivity index (χ1n) is 9.08. The van der Waals surface area contributed by atoms with Crippen LogP contribution in [0, 0.1) is 5.82 Å². The molecule has 28 heavy (non-hydrogen) atoms. The second kappa shape index (κ2) is 9.66. The van der Waals surface area contributed by atoms with Gasteiger partial charge in [0.1, 0.15) is 11.6 Å². The van der Waals surface area contributed by atoms with Crippen LogP contribution in [-0.2, 0) is 10.0 Å². The largest absolute Gasteiger partial charge is 0.497 e. The highest BCUT2D eigenvalue weighted by Crippen LogP contribution is 2.22. The number of sulfonamides is 1. The van der Waals surface area contributed by atoms with Crippen molar-refractivity contribution in [1.82, 2.24) is 4.31 Å². The van der Waals surface area contributed by atoms with E-state index >= 15 is 0 Å². The lowest BCUT2D eigenvalue weighted by atomic mass is 10.2. The highest BCUT2D eigenvalue weighted by molar-refractivity contribution is 7.89. The van der Waals surface area contributed by atoms with Crippen molar-refractivity contribution < 1.29 is 22.3 Å². The Hall–Kier alpha value is -2.45. The molecule has 2 aromatic carbocycles. The fraction of sp³-hybridized carbons (Fsp3) is 0.350. The Morgan fingerprint density at radius 1 is 1.07 bits per heavy atom. The Labute approximate surface area is 165 Å². The van der Waals surface area contributed by atoms with Gasteiger partial charge in [-0.2, -0.15) is 4.31 Å². The molecule has 0 heterocycles. The van der Waals surface area contributed by atoms with E-state index in [9.17, 15) is 17.6 Å². The van der Waals surface area contributed by atoms with E-state index in [4.69, 9.17) is 4.74 Å². The maximum absolute atomic E-state index is 14.2. The van der Waals surface area contributed by atoms with Crippen molar-refractivity contribution in [3.63, 3.8) is 0 Å². The highest BCUT2D eigenvalue weighted by atomic mass is 32.2. The number of carbonyl (C=O) groups excluding carboxylic acids is 1. The van der Waals surface area contributed by atoms with Crippen molar-refractivity contribution in [3.8, 4) is 5.75 Å². The molecule has 0 spiro atoms. The van der Waals surface area contributed by atoms with Crippen molar-refractivity contribution >= 4 is 21.6 Å². The Bertz CT molecular complexity index is 908. The van der Waals surface area contributed by atoms with E-state index in [2.05, 4.69) is 5.32 Å². The maximum Gasteiger partial charge on any atom is 0.258 e. The third-order valence-corrected chi connectivity index (χ3v) is 6.01. The third kappa shape index (κ3) is 5.08. The smallest absolute Gasteiger partial charge is 0.258 e. The number of halogens is 1. The van der Waals surface area contributed by atoms with Gasteiger partial charge in [0.05, 0.1) is 17.6 Å². The fourth-order valence-electron chi connectivity index (χ4n) is 2.71. The topological polar surface area (TPSA) is 75.7 Å². The van der Waals surface area contributed by atoms with Crippen molar-refractivity contribution in [1.29, 1.82) is 0 Å². The Kier molecular flexibility index (Phi) is 7.53. The second-order valence-electron chi connectivity index (χ2n) is 6.23. The quantitative estimate of drug-likeness (QED) is 0.683. The number of rotatable bonds is 9. The van der Waals surface area contributed by atoms with Crippen LogP contribution in [0.25, 0.3) is 0 Å². The lowest BCUT2D eigenvalue weighted by molar-refractivity contribution is 0.102. The summed E-state index contributed by atoms with van der Waals surface area (Å²) >= 11 is 0. The van der Waals surface area contributed by atoms with E-state index in [1.54, 1.807) is 24.3 Å². The Morgan fingerprint density at radius 3 is 2.21 bits per heavy atom. The summed E-state index contributed by atoms with van der Waals surface area (Å²) in [5, 5.41) is 2.57. The van der Waals surface area contributed by atoms with Gasteiger partial charge < -0.3 is 10.1 Å². The molecule has 0 aliphatic rings. The molecule has 0 fully saturated rings. The van der Waals surface area contributed by atoms with Crippen LogP contribution >= 0.6 is 0 Å². The van der Waals surface area contributed by atoms with Gasteiger partial charge in [-0.25, -0.2) is 12.8 Å². The minimum Gasteiger partial charge on any atom is -0.497 e. The Balaban J connectivity index is 2.31. The molecule has 0 atom stereocenters. The number of nitrogens with one attached hydrogen (secondary N) is 1. The number of carbonyl (C=O) groups is 1. The molecule has 2 aromatic rings. The summed E-state index contributed by atoms with van der Waals surface area (Å²) in [4.78, 5) is 12.4. The molecule has 0 radical (unpaired) electrons. The monoisotopic (exact) mass is 408 g/mol. The van der Waals surface area contributed by atoms with E-state index < -0.39 is 21.7 Å². The molecule has 0 unspecified atom stereocenters. The summed E-state index contributed by atoms with van der Waals surface area (Å²) in [6.07, 6.45) is 1.32. The van der Waals surface area contributed by atoms with E-state index in [-0.39, 0.29) is 10.5 Å². The van der Waals surface area contributed by atoms with Gasteiger partial charge in [-0.3, -0.25) is 4.79 Å². The number of methoxy groups -OCH3 is 1. The van der Waals surface area contributed by atoms with Gasteiger partial charge >= 0.3 is 0 Å². The van der Waals surface area contributed by atoms with Crippen LogP contribution in [0.4, 0.5) is 10.1 Å². The molecule has 0 aliphatic heterocycles. The molecule has 8 heteroatoms. The predicted molar refractivity (Wildman–Crippen MR) is 107 cm³/mol. The molecular weight excluding hydrogens is 383 g/mol. The number of hydrogen-bond acceptors (Lipinski definition) is 4. The molecule has 0 aromatic heterocycles. The highest BCUT2D eigenvalue weighted by Gasteiger charge is 2.25. The van der Waals surface area contributed by atoms with Gasteiger partial charge in [0.15, 0.2) is 0 Å². The van der Waals surface area contributed by atoms with Crippen LogP contribution in [0.2, 0.25) is 0 Å². The van der Waals surface area contributed by atoms with Crippen molar-refractivity contribution in [2.75, 3.05) is 25.5 Å². The number of benzene rings is 2. The predicted octanol–water partition coefficient (Wildman–Crippen LogP) is 3.90. The lowest BCUT2D eigenvalue weighted by Gasteiger charge is -2.21. The fourth-order valence-corrected chi connectivity index (χ4v) is 4.36. The number of amides is 1. The van der Waals surface area contributed by atoms with Crippen LogP contribution in [-0.4, -0.2) is 38.8 Å². The standard InChI is InChI=1S/C20H25FN2O4S/c1-4-12-23(13-5-2)28(25,26)17-10-11-19(21)18(14-17)20(24)22-15-6-8-16(27-3)9-7-15/h6-11,14H,4-5,12-13H2,1-3H3,(H,22,24). The van der Waals surface area contributed by atoms with Gasteiger partial charge in [0, 0.05) is 18.8 Å².